The smallest absolute Gasteiger partial charge is 0.421 e. The monoisotopic (exact) mass is 632 g/mol. The molecule has 44 heavy (non-hydrogen) atoms. The Morgan fingerprint density at radius 1 is 1.16 bits per heavy atom. The molecular formula is C31H29ClF4N4O4. The van der Waals surface area contributed by atoms with Crippen LogP contribution >= 0.6 is 11.6 Å². The Morgan fingerprint density at radius 2 is 1.95 bits per heavy atom. The lowest BCUT2D eigenvalue weighted by Gasteiger charge is -2.35. The summed E-state index contributed by atoms with van der Waals surface area (Å²) in [4.78, 5) is 23.5. The summed E-state index contributed by atoms with van der Waals surface area (Å²) in [5.41, 5.74) is 1.85. The standard InChI is InChI=1S/C31H29ClF4N4O4/c1-17-28-18(11-23(31(34,35)36)29(38-28)44-16-20-3-5-21(32)13-24(20)33)7-9-39(17)15-27-37-25-6-4-19(30(41)42-2)12-26(25)40(27)14-22-8-10-43-22/h3-6,11-13,17,22H,7-10,14-16H2,1-2H3/t17-,22-/m0/s1. The first-order valence-electron chi connectivity index (χ1n) is 14.1. The molecule has 1 saturated heterocycles. The first-order chi connectivity index (χ1) is 21.0. The summed E-state index contributed by atoms with van der Waals surface area (Å²) in [6.07, 6.45) is -3.47. The zero-order valence-electron chi connectivity index (χ0n) is 24.0. The third-order valence-corrected chi connectivity index (χ3v) is 8.40. The Labute approximate surface area is 255 Å². The summed E-state index contributed by atoms with van der Waals surface area (Å²) in [5, 5.41) is 0.167. The van der Waals surface area contributed by atoms with E-state index in [2.05, 4.69) is 9.88 Å². The highest BCUT2D eigenvalue weighted by atomic mass is 35.5. The van der Waals surface area contributed by atoms with Crippen molar-refractivity contribution in [2.45, 2.75) is 57.8 Å². The summed E-state index contributed by atoms with van der Waals surface area (Å²) in [7, 11) is 1.32. The lowest BCUT2D eigenvalue weighted by Crippen LogP contribution is -2.36. The third kappa shape index (κ3) is 5.98. The molecule has 2 aromatic carbocycles. The van der Waals surface area contributed by atoms with Gasteiger partial charge in [-0.1, -0.05) is 17.7 Å². The van der Waals surface area contributed by atoms with E-state index in [1.165, 1.54) is 19.2 Å². The second kappa shape index (κ2) is 12.0. The minimum absolute atomic E-state index is 0.0140. The van der Waals surface area contributed by atoms with Gasteiger partial charge in [0.15, 0.2) is 0 Å². The Kier molecular flexibility index (Phi) is 8.25. The van der Waals surface area contributed by atoms with Crippen LogP contribution in [0.25, 0.3) is 11.0 Å². The van der Waals surface area contributed by atoms with Crippen molar-refractivity contribution in [3.63, 3.8) is 0 Å². The molecule has 2 aliphatic rings. The van der Waals surface area contributed by atoms with Crippen molar-refractivity contribution in [3.8, 4) is 5.88 Å². The van der Waals surface area contributed by atoms with Crippen molar-refractivity contribution < 1.29 is 36.6 Å². The number of carbonyl (C=O) groups excluding carboxylic acids is 1. The third-order valence-electron chi connectivity index (χ3n) is 8.17. The fourth-order valence-electron chi connectivity index (χ4n) is 5.61. The largest absolute Gasteiger partial charge is 0.472 e. The van der Waals surface area contributed by atoms with Gasteiger partial charge in [-0.05, 0) is 61.7 Å². The predicted molar refractivity (Wildman–Crippen MR) is 153 cm³/mol. The molecule has 8 nitrogen and oxygen atoms in total. The van der Waals surface area contributed by atoms with Crippen LogP contribution in [0.1, 0.15) is 58.0 Å². The van der Waals surface area contributed by atoms with Gasteiger partial charge in [-0.3, -0.25) is 4.90 Å². The van der Waals surface area contributed by atoms with Gasteiger partial charge < -0.3 is 18.8 Å². The number of pyridine rings is 1. The van der Waals surface area contributed by atoms with E-state index in [0.717, 1.165) is 29.9 Å². The van der Waals surface area contributed by atoms with Crippen molar-refractivity contribution in [2.75, 3.05) is 20.3 Å². The Hall–Kier alpha value is -3.74. The van der Waals surface area contributed by atoms with E-state index in [1.807, 2.05) is 11.5 Å². The maximum atomic E-state index is 14.3. The summed E-state index contributed by atoms with van der Waals surface area (Å²) in [6.45, 7) is 3.50. The van der Waals surface area contributed by atoms with Crippen LogP contribution in [-0.2, 0) is 41.8 Å². The van der Waals surface area contributed by atoms with Crippen LogP contribution < -0.4 is 4.74 Å². The molecule has 0 amide bonds. The lowest BCUT2D eigenvalue weighted by molar-refractivity contribution is -0.139. The number of esters is 1. The van der Waals surface area contributed by atoms with Crippen molar-refractivity contribution in [1.82, 2.24) is 19.4 Å². The van der Waals surface area contributed by atoms with Gasteiger partial charge in [0, 0.05) is 23.7 Å². The molecule has 1 fully saturated rings. The van der Waals surface area contributed by atoms with Gasteiger partial charge in [0.1, 0.15) is 23.8 Å². The molecule has 6 rings (SSSR count). The van der Waals surface area contributed by atoms with Gasteiger partial charge in [-0.2, -0.15) is 13.2 Å². The normalized spacial score (nSPS) is 18.6. The highest BCUT2D eigenvalue weighted by Crippen LogP contribution is 2.40. The molecule has 4 aromatic rings. The van der Waals surface area contributed by atoms with E-state index in [1.54, 1.807) is 18.2 Å². The molecule has 0 spiro atoms. The number of rotatable bonds is 8. The molecule has 0 aliphatic carbocycles. The molecule has 2 aliphatic heterocycles. The second-order valence-electron chi connectivity index (χ2n) is 10.9. The van der Waals surface area contributed by atoms with E-state index >= 15 is 0 Å². The maximum absolute atomic E-state index is 14.3. The number of imidazole rings is 1. The highest BCUT2D eigenvalue weighted by molar-refractivity contribution is 6.30. The van der Waals surface area contributed by atoms with Crippen LogP contribution in [0.4, 0.5) is 17.6 Å². The molecule has 0 bridgehead atoms. The van der Waals surface area contributed by atoms with E-state index < -0.39 is 36.0 Å². The van der Waals surface area contributed by atoms with E-state index in [4.69, 9.17) is 30.8 Å². The van der Waals surface area contributed by atoms with Crippen LogP contribution in [0.15, 0.2) is 42.5 Å². The minimum atomic E-state index is -4.71. The number of benzene rings is 2. The van der Waals surface area contributed by atoms with E-state index in [9.17, 15) is 22.4 Å². The van der Waals surface area contributed by atoms with Crippen LogP contribution in [0.3, 0.4) is 0 Å². The van der Waals surface area contributed by atoms with Crippen molar-refractivity contribution in [1.29, 1.82) is 0 Å². The number of carbonyl (C=O) groups is 1. The van der Waals surface area contributed by atoms with E-state index in [0.29, 0.717) is 55.0 Å². The Bertz CT molecular complexity index is 1720. The average Bonchev–Trinajstić information content (AvgIpc) is 3.30. The number of hydrogen-bond donors (Lipinski definition) is 0. The number of halogens is 5. The molecule has 4 heterocycles. The van der Waals surface area contributed by atoms with Gasteiger partial charge >= 0.3 is 12.1 Å². The quantitative estimate of drug-likeness (QED) is 0.162. The molecule has 0 radical (unpaired) electrons. The number of nitrogens with zero attached hydrogens (tertiary/aromatic N) is 4. The lowest BCUT2D eigenvalue weighted by atomic mass is 9.97. The highest BCUT2D eigenvalue weighted by Gasteiger charge is 2.38. The van der Waals surface area contributed by atoms with Gasteiger partial charge in [-0.15, -0.1) is 0 Å². The molecule has 2 atom stereocenters. The fraction of sp³-hybridized carbons (Fsp3) is 0.387. The van der Waals surface area contributed by atoms with Gasteiger partial charge in [-0.25, -0.2) is 19.2 Å². The van der Waals surface area contributed by atoms with Crippen LogP contribution in [0, 0.1) is 5.82 Å². The molecule has 0 unspecified atom stereocenters. The summed E-state index contributed by atoms with van der Waals surface area (Å²) in [6, 6.07) is 9.76. The second-order valence-corrected chi connectivity index (χ2v) is 11.4. The van der Waals surface area contributed by atoms with Crippen molar-refractivity contribution in [2.24, 2.45) is 0 Å². The van der Waals surface area contributed by atoms with Crippen molar-refractivity contribution in [3.05, 3.63) is 87.1 Å². The molecule has 232 valence electrons. The fourth-order valence-corrected chi connectivity index (χ4v) is 5.77. The molecule has 2 aromatic heterocycles. The van der Waals surface area contributed by atoms with Crippen LogP contribution in [-0.4, -0.2) is 51.8 Å². The van der Waals surface area contributed by atoms with Crippen molar-refractivity contribution >= 4 is 28.6 Å². The number of ether oxygens (including phenoxy) is 3. The summed E-state index contributed by atoms with van der Waals surface area (Å²) >= 11 is 5.80. The van der Waals surface area contributed by atoms with Gasteiger partial charge in [0.05, 0.1) is 54.6 Å². The zero-order chi connectivity index (χ0) is 31.2. The number of alkyl halides is 3. The molecule has 13 heteroatoms. The average molecular weight is 633 g/mol. The number of hydrogen-bond acceptors (Lipinski definition) is 7. The predicted octanol–water partition coefficient (Wildman–Crippen LogP) is 6.52. The number of aromatic nitrogens is 3. The van der Waals surface area contributed by atoms with Gasteiger partial charge in [0.2, 0.25) is 5.88 Å². The SMILES string of the molecule is COC(=O)c1ccc2nc(CN3CCc4cc(C(F)(F)F)c(OCc5ccc(Cl)cc5F)nc4[C@@H]3C)n(C[C@@H]3CCO3)c2c1. The van der Waals surface area contributed by atoms with Crippen LogP contribution in [0.5, 0.6) is 5.88 Å². The topological polar surface area (TPSA) is 78.7 Å². The zero-order valence-corrected chi connectivity index (χ0v) is 24.7. The Morgan fingerprint density at radius 3 is 2.64 bits per heavy atom. The summed E-state index contributed by atoms with van der Waals surface area (Å²) in [5.74, 6) is -1.01. The molecular weight excluding hydrogens is 604 g/mol. The van der Waals surface area contributed by atoms with E-state index in [-0.39, 0.29) is 22.7 Å². The number of fused-ring (bicyclic) bond motifs is 2. The van der Waals surface area contributed by atoms with Gasteiger partial charge in [0.25, 0.3) is 0 Å². The molecule has 0 saturated carbocycles. The first-order valence-corrected chi connectivity index (χ1v) is 14.5. The summed E-state index contributed by atoms with van der Waals surface area (Å²) < 4.78 is 74.6. The number of methoxy groups -OCH3 is 1. The molecule has 0 N–H and O–H groups in total. The first kappa shape index (κ1) is 30.3. The minimum Gasteiger partial charge on any atom is -0.472 e. The van der Waals surface area contributed by atoms with Crippen LogP contribution in [0.2, 0.25) is 5.02 Å². The Balaban J connectivity index is 1.30. The maximum Gasteiger partial charge on any atom is 0.421 e.